The van der Waals surface area contributed by atoms with Crippen molar-refractivity contribution in [3.8, 4) is 11.5 Å². The van der Waals surface area contributed by atoms with E-state index in [1.54, 1.807) is 6.92 Å². The third-order valence-electron chi connectivity index (χ3n) is 3.51. The molecule has 1 amide bonds. The third-order valence-corrected chi connectivity index (χ3v) is 4.10. The van der Waals surface area contributed by atoms with Crippen LogP contribution in [0.3, 0.4) is 0 Å². The molecule has 2 aromatic carbocycles. The predicted molar refractivity (Wildman–Crippen MR) is 96.0 cm³/mol. The van der Waals surface area contributed by atoms with E-state index in [0.29, 0.717) is 18.9 Å². The van der Waals surface area contributed by atoms with Crippen LogP contribution in [-0.4, -0.2) is 25.2 Å². The highest BCUT2D eigenvalue weighted by molar-refractivity contribution is 6.32. The van der Waals surface area contributed by atoms with E-state index in [1.165, 1.54) is 0 Å². The molecule has 0 aliphatic rings. The van der Waals surface area contributed by atoms with Gasteiger partial charge in [-0.15, -0.1) is 0 Å². The van der Waals surface area contributed by atoms with Gasteiger partial charge in [0.05, 0.1) is 6.54 Å². The van der Waals surface area contributed by atoms with Crippen LogP contribution in [0.4, 0.5) is 0 Å². The summed E-state index contributed by atoms with van der Waals surface area (Å²) in [6, 6.07) is 13.1. The number of benzene rings is 2. The van der Waals surface area contributed by atoms with Crippen LogP contribution >= 0.6 is 11.6 Å². The zero-order valence-electron chi connectivity index (χ0n) is 14.1. The lowest BCUT2D eigenvalue weighted by atomic mass is 10.1. The van der Waals surface area contributed by atoms with Crippen molar-refractivity contribution in [1.82, 2.24) is 5.32 Å². The predicted octanol–water partition coefficient (Wildman–Crippen LogP) is 3.92. The van der Waals surface area contributed by atoms with E-state index < -0.39 is 6.10 Å². The van der Waals surface area contributed by atoms with Crippen LogP contribution < -0.4 is 14.8 Å². The van der Waals surface area contributed by atoms with Crippen molar-refractivity contribution in [2.45, 2.75) is 26.9 Å². The summed E-state index contributed by atoms with van der Waals surface area (Å²) in [6.07, 6.45) is -0.596. The molecular formula is C19H22ClNO3. The number of carbonyl (C=O) groups excluding carboxylic acids is 1. The van der Waals surface area contributed by atoms with Crippen LogP contribution in [0.2, 0.25) is 5.02 Å². The number of rotatable bonds is 7. The monoisotopic (exact) mass is 347 g/mol. The minimum Gasteiger partial charge on any atom is -0.492 e. The molecule has 0 aliphatic carbocycles. The molecule has 1 atom stereocenters. The molecule has 0 saturated heterocycles. The molecule has 0 heterocycles. The van der Waals surface area contributed by atoms with E-state index in [9.17, 15) is 4.79 Å². The van der Waals surface area contributed by atoms with Crippen LogP contribution in [-0.2, 0) is 4.79 Å². The first-order chi connectivity index (χ1) is 11.5. The molecule has 2 aromatic rings. The van der Waals surface area contributed by atoms with Crippen molar-refractivity contribution in [3.63, 3.8) is 0 Å². The van der Waals surface area contributed by atoms with E-state index in [-0.39, 0.29) is 5.91 Å². The average Bonchev–Trinajstić information content (AvgIpc) is 2.57. The van der Waals surface area contributed by atoms with Gasteiger partial charge in [-0.1, -0.05) is 29.8 Å². The highest BCUT2D eigenvalue weighted by atomic mass is 35.5. The Morgan fingerprint density at radius 2 is 1.75 bits per heavy atom. The Bertz CT molecular complexity index is 665. The maximum Gasteiger partial charge on any atom is 0.260 e. The van der Waals surface area contributed by atoms with Gasteiger partial charge in [0.2, 0.25) is 0 Å². The number of hydrogen-bond donors (Lipinski definition) is 1. The second-order valence-electron chi connectivity index (χ2n) is 5.58. The quantitative estimate of drug-likeness (QED) is 0.772. The van der Waals surface area contributed by atoms with E-state index in [2.05, 4.69) is 5.32 Å². The second kappa shape index (κ2) is 8.60. The lowest BCUT2D eigenvalue weighted by Crippen LogP contribution is -2.38. The van der Waals surface area contributed by atoms with Gasteiger partial charge in [-0.25, -0.2) is 0 Å². The number of para-hydroxylation sites is 1. The Morgan fingerprint density at radius 1 is 1.12 bits per heavy atom. The number of amides is 1. The van der Waals surface area contributed by atoms with Gasteiger partial charge in [0.25, 0.3) is 5.91 Å². The summed E-state index contributed by atoms with van der Waals surface area (Å²) >= 11 is 6.14. The van der Waals surface area contributed by atoms with Crippen molar-refractivity contribution in [2.24, 2.45) is 0 Å². The minimum atomic E-state index is -0.596. The Hall–Kier alpha value is -2.20. The van der Waals surface area contributed by atoms with Gasteiger partial charge in [0.1, 0.15) is 18.1 Å². The van der Waals surface area contributed by atoms with E-state index >= 15 is 0 Å². The summed E-state index contributed by atoms with van der Waals surface area (Å²) < 4.78 is 11.2. The maximum atomic E-state index is 12.1. The number of halogens is 1. The molecule has 0 saturated carbocycles. The zero-order chi connectivity index (χ0) is 17.5. The average molecular weight is 348 g/mol. The van der Waals surface area contributed by atoms with Gasteiger partial charge in [-0.3, -0.25) is 4.79 Å². The standard InChI is InChI=1S/C19H22ClNO3/c1-13-11-17(12-14(2)18(13)20)24-15(3)19(22)21-9-10-23-16-7-5-4-6-8-16/h4-8,11-12,15H,9-10H2,1-3H3,(H,21,22)/t15-/m0/s1. The van der Waals surface area contributed by atoms with Crippen LogP contribution in [0.15, 0.2) is 42.5 Å². The first kappa shape index (κ1) is 18.1. The summed E-state index contributed by atoms with van der Waals surface area (Å²) in [5.41, 5.74) is 1.85. The number of carbonyl (C=O) groups is 1. The normalized spacial score (nSPS) is 11.7. The number of aryl methyl sites for hydroxylation is 2. The summed E-state index contributed by atoms with van der Waals surface area (Å²) in [4.78, 5) is 12.1. The zero-order valence-corrected chi connectivity index (χ0v) is 14.9. The van der Waals surface area contributed by atoms with Crippen LogP contribution in [0.25, 0.3) is 0 Å². The highest BCUT2D eigenvalue weighted by Gasteiger charge is 2.15. The fraction of sp³-hybridized carbons (Fsp3) is 0.316. The van der Waals surface area contributed by atoms with Crippen molar-refractivity contribution in [1.29, 1.82) is 0 Å². The fourth-order valence-corrected chi connectivity index (χ4v) is 2.34. The second-order valence-corrected chi connectivity index (χ2v) is 5.96. The molecule has 0 aromatic heterocycles. The van der Waals surface area contributed by atoms with Crippen LogP contribution in [0.1, 0.15) is 18.1 Å². The summed E-state index contributed by atoms with van der Waals surface area (Å²) in [7, 11) is 0. The summed E-state index contributed by atoms with van der Waals surface area (Å²) in [5.74, 6) is 1.23. The van der Waals surface area contributed by atoms with Gasteiger partial charge < -0.3 is 14.8 Å². The van der Waals surface area contributed by atoms with Gasteiger partial charge in [0, 0.05) is 5.02 Å². The highest BCUT2D eigenvalue weighted by Crippen LogP contribution is 2.26. The molecule has 0 spiro atoms. The fourth-order valence-electron chi connectivity index (χ4n) is 2.24. The Balaban J connectivity index is 1.78. The topological polar surface area (TPSA) is 47.6 Å². The molecule has 2 rings (SSSR count). The molecule has 0 unspecified atom stereocenters. The summed E-state index contributed by atoms with van der Waals surface area (Å²) in [6.45, 7) is 6.36. The molecule has 0 fully saturated rings. The molecule has 5 heteroatoms. The van der Waals surface area contributed by atoms with Crippen molar-refractivity contribution in [2.75, 3.05) is 13.2 Å². The molecule has 128 valence electrons. The number of ether oxygens (including phenoxy) is 2. The van der Waals surface area contributed by atoms with Crippen LogP contribution in [0.5, 0.6) is 11.5 Å². The first-order valence-corrected chi connectivity index (χ1v) is 8.24. The SMILES string of the molecule is Cc1cc(O[C@@H](C)C(=O)NCCOc2ccccc2)cc(C)c1Cl. The van der Waals surface area contributed by atoms with E-state index in [1.807, 2.05) is 56.3 Å². The van der Waals surface area contributed by atoms with Gasteiger partial charge in [-0.2, -0.15) is 0 Å². The minimum absolute atomic E-state index is 0.183. The molecule has 0 bridgehead atoms. The smallest absolute Gasteiger partial charge is 0.260 e. The molecule has 24 heavy (non-hydrogen) atoms. The number of nitrogens with one attached hydrogen (secondary N) is 1. The Labute approximate surface area is 147 Å². The lowest BCUT2D eigenvalue weighted by molar-refractivity contribution is -0.127. The Kier molecular flexibility index (Phi) is 6.50. The third kappa shape index (κ3) is 5.17. The summed E-state index contributed by atoms with van der Waals surface area (Å²) in [5, 5.41) is 3.52. The first-order valence-electron chi connectivity index (χ1n) is 7.86. The van der Waals surface area contributed by atoms with Crippen molar-refractivity contribution < 1.29 is 14.3 Å². The van der Waals surface area contributed by atoms with Gasteiger partial charge in [0.15, 0.2) is 6.10 Å². The molecular weight excluding hydrogens is 326 g/mol. The van der Waals surface area contributed by atoms with Crippen molar-refractivity contribution >= 4 is 17.5 Å². The van der Waals surface area contributed by atoms with E-state index in [4.69, 9.17) is 21.1 Å². The molecule has 4 nitrogen and oxygen atoms in total. The van der Waals surface area contributed by atoms with Crippen molar-refractivity contribution in [3.05, 3.63) is 58.6 Å². The van der Waals surface area contributed by atoms with Gasteiger partial charge >= 0.3 is 0 Å². The molecule has 0 radical (unpaired) electrons. The lowest BCUT2D eigenvalue weighted by Gasteiger charge is -2.16. The molecule has 1 N–H and O–H groups in total. The maximum absolute atomic E-state index is 12.1. The van der Waals surface area contributed by atoms with E-state index in [0.717, 1.165) is 21.9 Å². The number of hydrogen-bond acceptors (Lipinski definition) is 3. The largest absolute Gasteiger partial charge is 0.492 e. The van der Waals surface area contributed by atoms with Gasteiger partial charge in [-0.05, 0) is 56.2 Å². The van der Waals surface area contributed by atoms with Crippen LogP contribution in [0, 0.1) is 13.8 Å². The Morgan fingerprint density at radius 3 is 2.38 bits per heavy atom. The molecule has 0 aliphatic heterocycles.